The number of piperidine rings is 1. The molecule has 1 aliphatic carbocycles. The summed E-state index contributed by atoms with van der Waals surface area (Å²) in [6.07, 6.45) is 4.22. The third-order valence-corrected chi connectivity index (χ3v) is 7.78. The minimum Gasteiger partial charge on any atom is -0.432 e. The van der Waals surface area contributed by atoms with Crippen molar-refractivity contribution in [1.82, 2.24) is 10.2 Å². The molecule has 5 nitrogen and oxygen atoms in total. The molecule has 1 saturated carbocycles. The largest absolute Gasteiger partial charge is 0.432 e. The van der Waals surface area contributed by atoms with Crippen molar-refractivity contribution in [2.45, 2.75) is 56.7 Å². The second-order valence-corrected chi connectivity index (χ2v) is 9.43. The molecule has 4 atom stereocenters. The molecule has 4 heterocycles. The molecule has 0 radical (unpaired) electrons. The van der Waals surface area contributed by atoms with Crippen molar-refractivity contribution in [3.8, 4) is 0 Å². The molecule has 26 heavy (non-hydrogen) atoms. The van der Waals surface area contributed by atoms with Crippen molar-refractivity contribution in [3.05, 3.63) is 29.8 Å². The van der Waals surface area contributed by atoms with Gasteiger partial charge in [0.05, 0.1) is 16.9 Å². The van der Waals surface area contributed by atoms with Crippen LogP contribution in [-0.4, -0.2) is 41.4 Å². The zero-order valence-corrected chi connectivity index (χ0v) is 15.4. The van der Waals surface area contributed by atoms with Crippen LogP contribution in [0, 0.1) is 11.3 Å². The van der Waals surface area contributed by atoms with E-state index in [0.717, 1.165) is 42.9 Å². The molecule has 136 valence electrons. The lowest BCUT2D eigenvalue weighted by atomic mass is 9.50. The number of carbonyl (C=O) groups excluding carboxylic acids is 1. The SMILES string of the molecule is CC1(C)C2=Nc3ccccc3[C@@]23C[C@]2(CN4CCC[C@@H]4C[C@H]12)NC(=O)O3. The van der Waals surface area contributed by atoms with E-state index >= 15 is 0 Å². The van der Waals surface area contributed by atoms with Gasteiger partial charge in [0.2, 0.25) is 0 Å². The molecular formula is C21H25N3O2. The summed E-state index contributed by atoms with van der Waals surface area (Å²) in [7, 11) is 0. The number of rotatable bonds is 0. The van der Waals surface area contributed by atoms with Crippen LogP contribution in [0.2, 0.25) is 0 Å². The molecule has 0 unspecified atom stereocenters. The first-order valence-electron chi connectivity index (χ1n) is 9.89. The Morgan fingerprint density at radius 3 is 3.04 bits per heavy atom. The number of alkyl carbamates (subject to hydrolysis) is 1. The number of carbonyl (C=O) groups is 1. The first kappa shape index (κ1) is 15.2. The molecule has 1 aromatic carbocycles. The van der Waals surface area contributed by atoms with E-state index in [0.29, 0.717) is 12.0 Å². The molecule has 1 aromatic rings. The van der Waals surface area contributed by atoms with Crippen LogP contribution in [0.15, 0.2) is 29.3 Å². The average molecular weight is 351 g/mol. The van der Waals surface area contributed by atoms with Gasteiger partial charge in [0, 0.05) is 30.0 Å². The van der Waals surface area contributed by atoms with Gasteiger partial charge >= 0.3 is 6.09 Å². The normalized spacial score (nSPS) is 41.9. The van der Waals surface area contributed by atoms with Crippen molar-refractivity contribution >= 4 is 17.5 Å². The molecule has 4 aliphatic heterocycles. The topological polar surface area (TPSA) is 53.9 Å². The van der Waals surface area contributed by atoms with Gasteiger partial charge in [0.25, 0.3) is 0 Å². The minimum atomic E-state index is -0.689. The van der Waals surface area contributed by atoms with Gasteiger partial charge in [-0.25, -0.2) is 4.79 Å². The molecule has 2 bridgehead atoms. The van der Waals surface area contributed by atoms with Crippen molar-refractivity contribution in [1.29, 1.82) is 0 Å². The third kappa shape index (κ3) is 1.62. The zero-order chi connectivity index (χ0) is 17.7. The fourth-order valence-corrected chi connectivity index (χ4v) is 6.91. The molecular weight excluding hydrogens is 326 g/mol. The number of ether oxygens (including phenoxy) is 1. The number of aliphatic imine (C=N–C) groups is 1. The van der Waals surface area contributed by atoms with Crippen molar-refractivity contribution in [3.63, 3.8) is 0 Å². The van der Waals surface area contributed by atoms with Gasteiger partial charge in [0.15, 0.2) is 5.60 Å². The van der Waals surface area contributed by atoms with Crippen molar-refractivity contribution in [2.24, 2.45) is 16.3 Å². The Morgan fingerprint density at radius 2 is 2.15 bits per heavy atom. The first-order chi connectivity index (χ1) is 12.4. The smallest absolute Gasteiger partial charge is 0.408 e. The number of para-hydroxylation sites is 1. The summed E-state index contributed by atoms with van der Waals surface area (Å²) >= 11 is 0. The van der Waals surface area contributed by atoms with Gasteiger partial charge in [-0.3, -0.25) is 9.89 Å². The maximum absolute atomic E-state index is 12.8. The molecule has 2 spiro atoms. The number of nitrogens with zero attached hydrogens (tertiary/aromatic N) is 2. The summed E-state index contributed by atoms with van der Waals surface area (Å²) < 4.78 is 6.09. The van der Waals surface area contributed by atoms with Gasteiger partial charge < -0.3 is 10.1 Å². The van der Waals surface area contributed by atoms with Crippen LogP contribution in [0.3, 0.4) is 0 Å². The van der Waals surface area contributed by atoms with Crippen LogP contribution < -0.4 is 5.32 Å². The van der Waals surface area contributed by atoms with Crippen LogP contribution in [0.4, 0.5) is 10.5 Å². The van der Waals surface area contributed by atoms with E-state index in [4.69, 9.17) is 9.73 Å². The van der Waals surface area contributed by atoms with Crippen LogP contribution in [0.1, 0.15) is 45.1 Å². The highest BCUT2D eigenvalue weighted by atomic mass is 16.6. The summed E-state index contributed by atoms with van der Waals surface area (Å²) in [4.78, 5) is 20.4. The predicted molar refractivity (Wildman–Crippen MR) is 98.7 cm³/mol. The van der Waals surface area contributed by atoms with Crippen LogP contribution in [0.5, 0.6) is 0 Å². The number of nitrogens with one attached hydrogen (secondary N) is 1. The molecule has 6 rings (SSSR count). The van der Waals surface area contributed by atoms with Gasteiger partial charge in [0.1, 0.15) is 0 Å². The van der Waals surface area contributed by atoms with Gasteiger partial charge in [-0.05, 0) is 37.8 Å². The van der Waals surface area contributed by atoms with Gasteiger partial charge in [-0.1, -0.05) is 32.0 Å². The fraction of sp³-hybridized carbons (Fsp3) is 0.619. The van der Waals surface area contributed by atoms with Gasteiger partial charge in [-0.2, -0.15) is 0 Å². The maximum Gasteiger partial charge on any atom is 0.408 e. The number of amides is 1. The Labute approximate surface area is 153 Å². The Hall–Kier alpha value is -1.88. The summed E-state index contributed by atoms with van der Waals surface area (Å²) in [5, 5.41) is 3.31. The average Bonchev–Trinajstić information content (AvgIpc) is 3.15. The number of fused-ring (bicyclic) bond motifs is 2. The monoisotopic (exact) mass is 351 g/mol. The lowest BCUT2D eigenvalue weighted by molar-refractivity contribution is -0.100. The molecule has 1 N–H and O–H groups in total. The highest BCUT2D eigenvalue weighted by Gasteiger charge is 2.70. The second kappa shape index (κ2) is 4.50. The van der Waals surface area contributed by atoms with Crippen LogP contribution in [-0.2, 0) is 10.3 Å². The third-order valence-electron chi connectivity index (χ3n) is 7.78. The van der Waals surface area contributed by atoms with Crippen molar-refractivity contribution < 1.29 is 9.53 Å². The zero-order valence-electron chi connectivity index (χ0n) is 15.4. The molecule has 4 fully saturated rings. The Morgan fingerprint density at radius 1 is 1.31 bits per heavy atom. The molecule has 5 heteroatoms. The Kier molecular flexibility index (Phi) is 2.63. The van der Waals surface area contributed by atoms with E-state index in [2.05, 4.69) is 36.2 Å². The lowest BCUT2D eigenvalue weighted by Crippen LogP contribution is -2.77. The summed E-state index contributed by atoms with van der Waals surface area (Å²) in [5.74, 6) is 0.392. The second-order valence-electron chi connectivity index (χ2n) is 9.43. The van der Waals surface area contributed by atoms with Crippen LogP contribution in [0.25, 0.3) is 0 Å². The predicted octanol–water partition coefficient (Wildman–Crippen LogP) is 3.36. The number of hydrogen-bond donors (Lipinski definition) is 1. The van der Waals surface area contributed by atoms with E-state index in [9.17, 15) is 4.79 Å². The highest BCUT2D eigenvalue weighted by Crippen LogP contribution is 2.62. The number of benzene rings is 1. The molecule has 0 aromatic heterocycles. The van der Waals surface area contributed by atoms with E-state index in [1.54, 1.807) is 0 Å². The maximum atomic E-state index is 12.8. The summed E-state index contributed by atoms with van der Waals surface area (Å²) in [6.45, 7) is 6.73. The van der Waals surface area contributed by atoms with Crippen LogP contribution >= 0.6 is 0 Å². The molecule has 3 saturated heterocycles. The molecule has 5 aliphatic rings. The Bertz CT molecular complexity index is 863. The highest BCUT2D eigenvalue weighted by molar-refractivity contribution is 6.07. The fourth-order valence-electron chi connectivity index (χ4n) is 6.91. The molecule has 1 amide bonds. The van der Waals surface area contributed by atoms with E-state index in [1.807, 2.05) is 12.1 Å². The van der Waals surface area contributed by atoms with Crippen molar-refractivity contribution in [2.75, 3.05) is 13.1 Å². The van der Waals surface area contributed by atoms with E-state index in [-0.39, 0.29) is 17.0 Å². The lowest BCUT2D eigenvalue weighted by Gasteiger charge is -2.64. The van der Waals surface area contributed by atoms with E-state index in [1.165, 1.54) is 12.8 Å². The van der Waals surface area contributed by atoms with E-state index < -0.39 is 5.60 Å². The summed E-state index contributed by atoms with van der Waals surface area (Å²) in [5.41, 5.74) is 2.08. The van der Waals surface area contributed by atoms with Gasteiger partial charge in [-0.15, -0.1) is 0 Å². The standard InChI is InChI=1S/C21H25N3O2/c1-19(2)16-10-13-6-5-9-24(13)12-20(16)11-21(26-18(25)23-20)14-7-3-4-8-15(14)22-17(19)21/h3-4,7-8,13,16H,5-6,9-12H2,1-2H3,(H,23,25)/t13-,16-,20-,21+/m1/s1. The Balaban J connectivity index is 1.58. The first-order valence-corrected chi connectivity index (χ1v) is 9.89. The number of hydrogen-bond acceptors (Lipinski definition) is 4. The quantitative estimate of drug-likeness (QED) is 0.780. The minimum absolute atomic E-state index is 0.111. The summed E-state index contributed by atoms with van der Waals surface area (Å²) in [6, 6.07) is 8.85.